The summed E-state index contributed by atoms with van der Waals surface area (Å²) < 4.78 is 5.90. The van der Waals surface area contributed by atoms with Gasteiger partial charge in [0.25, 0.3) is 0 Å². The van der Waals surface area contributed by atoms with Crippen LogP contribution in [0.15, 0.2) is 0 Å². The lowest BCUT2D eigenvalue weighted by molar-refractivity contribution is -0.147. The Labute approximate surface area is 134 Å². The van der Waals surface area contributed by atoms with E-state index in [-0.39, 0.29) is 29.8 Å². The second-order valence-electron chi connectivity index (χ2n) is 7.01. The van der Waals surface area contributed by atoms with E-state index in [0.717, 1.165) is 38.7 Å². The second kappa shape index (κ2) is 6.43. The van der Waals surface area contributed by atoms with E-state index in [1.807, 2.05) is 0 Å². The molecule has 0 radical (unpaired) electrons. The van der Waals surface area contributed by atoms with E-state index in [0.29, 0.717) is 6.10 Å². The quantitative estimate of drug-likeness (QED) is 0.837. The first-order valence-electron chi connectivity index (χ1n) is 8.32. The molecule has 1 amide bonds. The Kier molecular flexibility index (Phi) is 5.22. The van der Waals surface area contributed by atoms with Gasteiger partial charge in [0, 0.05) is 18.1 Å². The third-order valence-electron chi connectivity index (χ3n) is 5.94. The predicted molar refractivity (Wildman–Crippen MR) is 85.5 cm³/mol. The molecule has 122 valence electrons. The van der Waals surface area contributed by atoms with Gasteiger partial charge < -0.3 is 15.8 Å². The topological polar surface area (TPSA) is 64.3 Å². The first kappa shape index (κ1) is 17.0. The van der Waals surface area contributed by atoms with Crippen LogP contribution in [0.3, 0.4) is 0 Å². The molecule has 3 fully saturated rings. The maximum absolute atomic E-state index is 12.5. The van der Waals surface area contributed by atoms with Crippen LogP contribution in [0.2, 0.25) is 0 Å². The lowest BCUT2D eigenvalue weighted by atomic mass is 9.60. The van der Waals surface area contributed by atoms with Crippen molar-refractivity contribution in [3.05, 3.63) is 0 Å². The predicted octanol–water partition coefficient (Wildman–Crippen LogP) is 2.53. The third kappa shape index (κ3) is 2.82. The van der Waals surface area contributed by atoms with Gasteiger partial charge in [-0.05, 0) is 39.0 Å². The molecule has 2 atom stereocenters. The molecule has 3 saturated carbocycles. The lowest BCUT2D eigenvalue weighted by Crippen LogP contribution is -2.67. The molecule has 21 heavy (non-hydrogen) atoms. The van der Waals surface area contributed by atoms with Gasteiger partial charge in [-0.15, -0.1) is 12.4 Å². The molecule has 4 nitrogen and oxygen atoms in total. The van der Waals surface area contributed by atoms with E-state index in [1.165, 1.54) is 25.7 Å². The molecule has 0 aliphatic heterocycles. The Hall–Kier alpha value is -0.320. The highest BCUT2D eigenvalue weighted by atomic mass is 35.5. The van der Waals surface area contributed by atoms with Gasteiger partial charge in [-0.2, -0.15) is 0 Å². The minimum absolute atomic E-state index is 0. The third-order valence-corrected chi connectivity index (χ3v) is 5.94. The molecule has 5 heteroatoms. The normalized spacial score (nSPS) is 32.5. The molecular formula is C16H29ClN2O2. The van der Waals surface area contributed by atoms with Crippen molar-refractivity contribution in [1.29, 1.82) is 0 Å². The molecule has 0 saturated heterocycles. The summed E-state index contributed by atoms with van der Waals surface area (Å²) in [5.41, 5.74) is 5.88. The van der Waals surface area contributed by atoms with Gasteiger partial charge in [-0.25, -0.2) is 0 Å². The number of carbonyl (C=O) groups is 1. The van der Waals surface area contributed by atoms with Crippen LogP contribution in [0.4, 0.5) is 0 Å². The number of nitrogens with one attached hydrogen (secondary N) is 1. The van der Waals surface area contributed by atoms with Crippen LogP contribution in [0.1, 0.15) is 64.7 Å². The fraction of sp³-hybridized carbons (Fsp3) is 0.938. The zero-order chi connectivity index (χ0) is 14.2. The average Bonchev–Trinajstić information content (AvgIpc) is 3.08. The molecule has 1 spiro atoms. The number of nitrogens with two attached hydrogens (primary N) is 1. The standard InChI is InChI=1S/C16H28N2O2.ClH/c1-2-20-13-11-12(15(13)7-3-4-8-15)18-14(19)16(17)9-5-6-10-16;/h12-13H,2-11,17H2,1H3,(H,18,19);1H. The molecule has 3 aliphatic carbocycles. The van der Waals surface area contributed by atoms with Crippen molar-refractivity contribution in [1.82, 2.24) is 5.32 Å². The average molecular weight is 317 g/mol. The van der Waals surface area contributed by atoms with E-state index in [2.05, 4.69) is 12.2 Å². The van der Waals surface area contributed by atoms with Gasteiger partial charge in [-0.1, -0.05) is 25.7 Å². The largest absolute Gasteiger partial charge is 0.378 e. The van der Waals surface area contributed by atoms with Gasteiger partial charge in [0.15, 0.2) is 0 Å². The highest BCUT2D eigenvalue weighted by Crippen LogP contribution is 2.54. The van der Waals surface area contributed by atoms with Crippen LogP contribution < -0.4 is 11.1 Å². The van der Waals surface area contributed by atoms with E-state index in [9.17, 15) is 4.79 Å². The van der Waals surface area contributed by atoms with Crippen LogP contribution in [0.25, 0.3) is 0 Å². The van der Waals surface area contributed by atoms with Gasteiger partial charge in [0.2, 0.25) is 5.91 Å². The lowest BCUT2D eigenvalue weighted by Gasteiger charge is -2.54. The monoisotopic (exact) mass is 316 g/mol. The number of rotatable bonds is 4. The van der Waals surface area contributed by atoms with Crippen molar-refractivity contribution < 1.29 is 9.53 Å². The summed E-state index contributed by atoms with van der Waals surface area (Å²) in [5.74, 6) is 0.0845. The van der Waals surface area contributed by atoms with Gasteiger partial charge >= 0.3 is 0 Å². The summed E-state index contributed by atoms with van der Waals surface area (Å²) in [5, 5.41) is 3.28. The zero-order valence-electron chi connectivity index (χ0n) is 13.0. The first-order chi connectivity index (χ1) is 9.61. The van der Waals surface area contributed by atoms with Crippen molar-refractivity contribution in [2.45, 2.75) is 82.4 Å². The summed E-state index contributed by atoms with van der Waals surface area (Å²) in [6.45, 7) is 2.83. The van der Waals surface area contributed by atoms with Gasteiger partial charge in [0.05, 0.1) is 11.6 Å². The molecule has 3 rings (SSSR count). The van der Waals surface area contributed by atoms with E-state index >= 15 is 0 Å². The van der Waals surface area contributed by atoms with Gasteiger partial charge in [-0.3, -0.25) is 4.79 Å². The smallest absolute Gasteiger partial charge is 0.240 e. The molecule has 0 aromatic heterocycles. The van der Waals surface area contributed by atoms with Crippen molar-refractivity contribution in [2.75, 3.05) is 6.61 Å². The molecular weight excluding hydrogens is 288 g/mol. The Balaban J connectivity index is 0.00000161. The Morgan fingerprint density at radius 3 is 2.33 bits per heavy atom. The van der Waals surface area contributed by atoms with Crippen molar-refractivity contribution in [3.63, 3.8) is 0 Å². The Bertz CT molecular complexity index is 376. The molecule has 0 aromatic rings. The summed E-state index contributed by atoms with van der Waals surface area (Å²) in [6, 6.07) is 0.287. The number of ether oxygens (including phenoxy) is 1. The van der Waals surface area contributed by atoms with Crippen LogP contribution in [-0.2, 0) is 9.53 Å². The number of amides is 1. The molecule has 0 heterocycles. The zero-order valence-corrected chi connectivity index (χ0v) is 13.8. The molecule has 0 bridgehead atoms. The summed E-state index contributed by atoms with van der Waals surface area (Å²) in [6.07, 6.45) is 10.1. The Morgan fingerprint density at radius 1 is 1.19 bits per heavy atom. The second-order valence-corrected chi connectivity index (χ2v) is 7.01. The summed E-state index contributed by atoms with van der Waals surface area (Å²) >= 11 is 0. The number of carbonyl (C=O) groups excluding carboxylic acids is 1. The highest BCUT2D eigenvalue weighted by Gasteiger charge is 2.57. The first-order valence-corrected chi connectivity index (χ1v) is 8.32. The molecule has 0 aromatic carbocycles. The van der Waals surface area contributed by atoms with E-state index in [4.69, 9.17) is 10.5 Å². The van der Waals surface area contributed by atoms with Crippen molar-refractivity contribution in [2.24, 2.45) is 11.1 Å². The van der Waals surface area contributed by atoms with Gasteiger partial charge in [0.1, 0.15) is 0 Å². The van der Waals surface area contributed by atoms with Crippen LogP contribution in [-0.4, -0.2) is 30.2 Å². The van der Waals surface area contributed by atoms with E-state index in [1.54, 1.807) is 0 Å². The summed E-state index contributed by atoms with van der Waals surface area (Å²) in [4.78, 5) is 12.5. The van der Waals surface area contributed by atoms with Crippen LogP contribution in [0, 0.1) is 5.41 Å². The van der Waals surface area contributed by atoms with Crippen molar-refractivity contribution >= 4 is 18.3 Å². The minimum atomic E-state index is -0.601. The number of hydrogen-bond donors (Lipinski definition) is 2. The Morgan fingerprint density at radius 2 is 1.76 bits per heavy atom. The number of hydrogen-bond acceptors (Lipinski definition) is 3. The number of halogens is 1. The molecule has 3 N–H and O–H groups in total. The van der Waals surface area contributed by atoms with E-state index < -0.39 is 5.54 Å². The fourth-order valence-corrected chi connectivity index (χ4v) is 4.62. The summed E-state index contributed by atoms with van der Waals surface area (Å²) in [7, 11) is 0. The van der Waals surface area contributed by atoms with Crippen molar-refractivity contribution in [3.8, 4) is 0 Å². The highest BCUT2D eigenvalue weighted by molar-refractivity contribution is 5.86. The SMILES string of the molecule is CCOC1CC(NC(=O)C2(N)CCCC2)C12CCCC2.Cl. The maximum Gasteiger partial charge on any atom is 0.240 e. The van der Waals surface area contributed by atoms with Crippen LogP contribution in [0.5, 0.6) is 0 Å². The fourth-order valence-electron chi connectivity index (χ4n) is 4.62. The minimum Gasteiger partial charge on any atom is -0.378 e. The maximum atomic E-state index is 12.5. The molecule has 2 unspecified atom stereocenters. The molecule has 3 aliphatic rings. The van der Waals surface area contributed by atoms with Crippen LogP contribution >= 0.6 is 12.4 Å².